The molecule has 1 aromatic heterocycles. The van der Waals surface area contributed by atoms with Gasteiger partial charge in [0.05, 0.1) is 18.4 Å². The summed E-state index contributed by atoms with van der Waals surface area (Å²) in [7, 11) is 4.12. The molecule has 0 saturated carbocycles. The maximum Gasteiger partial charge on any atom is 0.231 e. The van der Waals surface area contributed by atoms with Crippen molar-refractivity contribution in [1.82, 2.24) is 14.7 Å². The molecule has 2 heterocycles. The highest BCUT2D eigenvalue weighted by atomic mass is 16.7. The maximum absolute atomic E-state index is 5.43. The van der Waals surface area contributed by atoms with Gasteiger partial charge in [0.1, 0.15) is 0 Å². The van der Waals surface area contributed by atoms with Gasteiger partial charge in [0, 0.05) is 18.8 Å². The van der Waals surface area contributed by atoms with Crippen LogP contribution in [-0.4, -0.2) is 42.1 Å². The molecule has 1 atom stereocenters. The summed E-state index contributed by atoms with van der Waals surface area (Å²) in [5.74, 6) is 1.63. The number of rotatable bonds is 6. The van der Waals surface area contributed by atoms with Gasteiger partial charge in [-0.15, -0.1) is 0 Å². The predicted molar refractivity (Wildman–Crippen MR) is 85.4 cm³/mol. The second kappa shape index (κ2) is 6.27. The summed E-state index contributed by atoms with van der Waals surface area (Å²) in [6.07, 6.45) is 3.89. The fourth-order valence-electron chi connectivity index (χ4n) is 2.38. The summed E-state index contributed by atoms with van der Waals surface area (Å²) in [6.45, 7) is 4.28. The average Bonchev–Trinajstić information content (AvgIpc) is 3.12. The molecule has 0 bridgehead atoms. The van der Waals surface area contributed by atoms with E-state index < -0.39 is 0 Å². The van der Waals surface area contributed by atoms with E-state index in [-0.39, 0.29) is 6.04 Å². The van der Waals surface area contributed by atoms with Crippen molar-refractivity contribution in [1.29, 1.82) is 0 Å². The number of nitrogens with one attached hydrogen (secondary N) is 1. The van der Waals surface area contributed by atoms with Crippen molar-refractivity contribution in [2.24, 2.45) is 0 Å². The number of aromatic nitrogens is 2. The van der Waals surface area contributed by atoms with Gasteiger partial charge in [0.25, 0.3) is 0 Å². The number of anilines is 1. The van der Waals surface area contributed by atoms with Gasteiger partial charge in [-0.25, -0.2) is 0 Å². The first kappa shape index (κ1) is 14.7. The van der Waals surface area contributed by atoms with Crippen LogP contribution in [0, 0.1) is 0 Å². The van der Waals surface area contributed by atoms with Gasteiger partial charge in [0.15, 0.2) is 11.5 Å². The lowest BCUT2D eigenvalue weighted by Gasteiger charge is -2.14. The van der Waals surface area contributed by atoms with Crippen molar-refractivity contribution < 1.29 is 9.47 Å². The molecule has 0 unspecified atom stereocenters. The number of hydrogen-bond acceptors (Lipinski definition) is 5. The standard InChI is InChI=1S/C16H22N4O2/c1-12(13-4-5-15-16(8-13)22-11-21-15)18-14-9-17-20(10-14)7-6-19(2)3/h4-5,8-10,12,18H,6-7,11H2,1-3H3/t12-/m1/s1. The average molecular weight is 302 g/mol. The van der Waals surface area contributed by atoms with E-state index in [2.05, 4.69) is 42.4 Å². The number of benzene rings is 1. The Bertz CT molecular complexity index is 639. The van der Waals surface area contributed by atoms with Crippen LogP contribution in [0.15, 0.2) is 30.6 Å². The van der Waals surface area contributed by atoms with Crippen molar-refractivity contribution in [2.45, 2.75) is 19.5 Å². The Labute approximate surface area is 130 Å². The summed E-state index contributed by atoms with van der Waals surface area (Å²) >= 11 is 0. The molecule has 118 valence electrons. The van der Waals surface area contributed by atoms with E-state index in [1.807, 2.05) is 29.2 Å². The zero-order chi connectivity index (χ0) is 15.5. The highest BCUT2D eigenvalue weighted by Gasteiger charge is 2.16. The van der Waals surface area contributed by atoms with E-state index in [0.29, 0.717) is 6.79 Å². The van der Waals surface area contributed by atoms with Gasteiger partial charge in [-0.1, -0.05) is 6.07 Å². The Morgan fingerprint density at radius 3 is 2.95 bits per heavy atom. The predicted octanol–water partition coefficient (Wildman–Crippen LogP) is 2.35. The topological polar surface area (TPSA) is 51.6 Å². The van der Waals surface area contributed by atoms with Gasteiger partial charge in [-0.05, 0) is 38.7 Å². The van der Waals surface area contributed by atoms with E-state index in [1.54, 1.807) is 0 Å². The summed E-state index contributed by atoms with van der Waals surface area (Å²) < 4.78 is 12.7. The van der Waals surface area contributed by atoms with E-state index in [1.165, 1.54) is 0 Å². The molecule has 6 nitrogen and oxygen atoms in total. The first-order chi connectivity index (χ1) is 10.6. The van der Waals surface area contributed by atoms with Crippen LogP contribution in [0.1, 0.15) is 18.5 Å². The van der Waals surface area contributed by atoms with Crippen LogP contribution in [0.5, 0.6) is 11.5 Å². The molecule has 0 aliphatic carbocycles. The first-order valence-electron chi connectivity index (χ1n) is 7.45. The Morgan fingerprint density at radius 2 is 2.14 bits per heavy atom. The van der Waals surface area contributed by atoms with Crippen molar-refractivity contribution in [3.05, 3.63) is 36.2 Å². The number of nitrogens with zero attached hydrogens (tertiary/aromatic N) is 3. The third kappa shape index (κ3) is 3.33. The lowest BCUT2D eigenvalue weighted by molar-refractivity contribution is 0.174. The molecule has 3 rings (SSSR count). The molecular weight excluding hydrogens is 280 g/mol. The van der Waals surface area contributed by atoms with E-state index in [9.17, 15) is 0 Å². The van der Waals surface area contributed by atoms with Crippen LogP contribution in [0.25, 0.3) is 0 Å². The molecule has 1 N–H and O–H groups in total. The van der Waals surface area contributed by atoms with Crippen LogP contribution >= 0.6 is 0 Å². The molecule has 1 aromatic carbocycles. The third-order valence-corrected chi connectivity index (χ3v) is 3.69. The van der Waals surface area contributed by atoms with Gasteiger partial charge in [-0.3, -0.25) is 4.68 Å². The van der Waals surface area contributed by atoms with Crippen molar-refractivity contribution in [2.75, 3.05) is 32.7 Å². The number of hydrogen-bond donors (Lipinski definition) is 1. The smallest absolute Gasteiger partial charge is 0.231 e. The molecule has 6 heteroatoms. The van der Waals surface area contributed by atoms with Crippen LogP contribution in [0.3, 0.4) is 0 Å². The number of ether oxygens (including phenoxy) is 2. The van der Waals surface area contributed by atoms with Crippen LogP contribution in [0.4, 0.5) is 5.69 Å². The summed E-state index contributed by atoms with van der Waals surface area (Å²) in [6, 6.07) is 6.20. The minimum Gasteiger partial charge on any atom is -0.454 e. The summed E-state index contributed by atoms with van der Waals surface area (Å²) in [5.41, 5.74) is 2.18. The highest BCUT2D eigenvalue weighted by molar-refractivity contribution is 5.48. The lowest BCUT2D eigenvalue weighted by atomic mass is 10.1. The molecule has 1 aliphatic heterocycles. The Balaban J connectivity index is 1.63. The molecule has 0 spiro atoms. The van der Waals surface area contributed by atoms with Crippen molar-refractivity contribution in [3.63, 3.8) is 0 Å². The molecule has 0 saturated heterocycles. The quantitative estimate of drug-likeness (QED) is 0.887. The third-order valence-electron chi connectivity index (χ3n) is 3.69. The number of fused-ring (bicyclic) bond motifs is 1. The Kier molecular flexibility index (Phi) is 4.20. The number of likely N-dealkylation sites (N-methyl/N-ethyl adjacent to an activating group) is 1. The summed E-state index contributed by atoms with van der Waals surface area (Å²) in [4.78, 5) is 2.14. The van der Waals surface area contributed by atoms with Gasteiger partial charge < -0.3 is 19.7 Å². The zero-order valence-corrected chi connectivity index (χ0v) is 13.2. The van der Waals surface area contributed by atoms with E-state index in [4.69, 9.17) is 9.47 Å². The largest absolute Gasteiger partial charge is 0.454 e. The molecular formula is C16H22N4O2. The van der Waals surface area contributed by atoms with Gasteiger partial charge in [-0.2, -0.15) is 5.10 Å². The fourth-order valence-corrected chi connectivity index (χ4v) is 2.38. The molecule has 0 amide bonds. The first-order valence-corrected chi connectivity index (χ1v) is 7.45. The molecule has 0 fully saturated rings. The van der Waals surface area contributed by atoms with Crippen molar-refractivity contribution in [3.8, 4) is 11.5 Å². The fraction of sp³-hybridized carbons (Fsp3) is 0.438. The minimum absolute atomic E-state index is 0.168. The zero-order valence-electron chi connectivity index (χ0n) is 13.2. The second-order valence-corrected chi connectivity index (χ2v) is 5.77. The van der Waals surface area contributed by atoms with Gasteiger partial charge >= 0.3 is 0 Å². The van der Waals surface area contributed by atoms with Gasteiger partial charge in [0.2, 0.25) is 6.79 Å². The molecule has 1 aliphatic rings. The van der Waals surface area contributed by atoms with Crippen LogP contribution in [0.2, 0.25) is 0 Å². The lowest BCUT2D eigenvalue weighted by Crippen LogP contribution is -2.18. The van der Waals surface area contributed by atoms with E-state index in [0.717, 1.165) is 35.8 Å². The molecule has 0 radical (unpaired) electrons. The normalized spacial score (nSPS) is 14.4. The SMILES string of the molecule is C[C@@H](Nc1cnn(CCN(C)C)c1)c1ccc2c(c1)OCO2. The Morgan fingerprint density at radius 1 is 1.32 bits per heavy atom. The second-order valence-electron chi connectivity index (χ2n) is 5.77. The molecule has 2 aromatic rings. The highest BCUT2D eigenvalue weighted by Crippen LogP contribution is 2.34. The summed E-state index contributed by atoms with van der Waals surface area (Å²) in [5, 5.41) is 7.84. The minimum atomic E-state index is 0.168. The van der Waals surface area contributed by atoms with E-state index >= 15 is 0 Å². The monoisotopic (exact) mass is 302 g/mol. The Hall–Kier alpha value is -2.21. The maximum atomic E-state index is 5.43. The van der Waals surface area contributed by atoms with Crippen LogP contribution < -0.4 is 14.8 Å². The molecule has 22 heavy (non-hydrogen) atoms. The van der Waals surface area contributed by atoms with Crippen LogP contribution in [-0.2, 0) is 6.54 Å². The van der Waals surface area contributed by atoms with Crippen molar-refractivity contribution >= 4 is 5.69 Å².